The summed E-state index contributed by atoms with van der Waals surface area (Å²) in [7, 11) is 0. The number of nitrogens with zero attached hydrogens (tertiary/aromatic N) is 2. The zero-order chi connectivity index (χ0) is 21.6. The van der Waals surface area contributed by atoms with Crippen LogP contribution in [-0.2, 0) is 5.54 Å². The van der Waals surface area contributed by atoms with Gasteiger partial charge in [0.1, 0.15) is 0 Å². The van der Waals surface area contributed by atoms with Crippen molar-refractivity contribution in [3.05, 3.63) is 76.9 Å². The third kappa shape index (κ3) is 3.49. The third-order valence-electron chi connectivity index (χ3n) is 5.89. The van der Waals surface area contributed by atoms with E-state index in [1.54, 1.807) is 12.3 Å². The van der Waals surface area contributed by atoms with Crippen LogP contribution in [0.15, 0.2) is 71.3 Å². The fraction of sp³-hybridized carbons (Fsp3) is 0.167. The lowest BCUT2D eigenvalue weighted by molar-refractivity contribution is 0.210. The molecule has 1 saturated carbocycles. The Balaban J connectivity index is 1.70. The second kappa shape index (κ2) is 7.51. The molecule has 2 aromatic carbocycles. The number of aromatic nitrogens is 2. The number of rotatable bonds is 4. The van der Waals surface area contributed by atoms with E-state index in [1.165, 1.54) is 6.42 Å². The minimum absolute atomic E-state index is 0.205. The topological polar surface area (TPSA) is 95.6 Å². The van der Waals surface area contributed by atoms with Crippen molar-refractivity contribution in [1.82, 2.24) is 9.38 Å². The van der Waals surface area contributed by atoms with E-state index in [4.69, 9.17) is 21.2 Å². The first kappa shape index (κ1) is 19.8. The second-order valence-corrected chi connectivity index (χ2v) is 8.75. The normalized spacial score (nSPS) is 14.9. The standard InChI is InChI=1S/C24H21BrN4O2/c25-19-13-18(31-23(26)30)14-29-21(16-5-2-1-3-6-16)20(28-22(19)29)15-7-9-17(10-8-15)24(27)11-4-12-24/h1-3,5-10,13-14H,4,11-12,27H2,(H2,26,30). The molecule has 0 aliphatic heterocycles. The highest BCUT2D eigenvalue weighted by molar-refractivity contribution is 9.10. The number of imidazole rings is 1. The summed E-state index contributed by atoms with van der Waals surface area (Å²) in [6.45, 7) is 0. The molecule has 0 radical (unpaired) electrons. The number of amides is 1. The molecule has 1 aliphatic rings. The van der Waals surface area contributed by atoms with Gasteiger partial charge < -0.3 is 16.2 Å². The van der Waals surface area contributed by atoms with Gasteiger partial charge in [0.2, 0.25) is 0 Å². The maximum Gasteiger partial charge on any atom is 0.410 e. The quantitative estimate of drug-likeness (QED) is 0.421. The van der Waals surface area contributed by atoms with Gasteiger partial charge in [-0.2, -0.15) is 0 Å². The molecular formula is C24H21BrN4O2. The number of primary amides is 1. The molecule has 156 valence electrons. The van der Waals surface area contributed by atoms with Crippen LogP contribution in [0.25, 0.3) is 28.2 Å². The van der Waals surface area contributed by atoms with Gasteiger partial charge in [-0.15, -0.1) is 0 Å². The number of pyridine rings is 1. The number of fused-ring (bicyclic) bond motifs is 1. The van der Waals surface area contributed by atoms with Crippen LogP contribution in [0.5, 0.6) is 5.75 Å². The van der Waals surface area contributed by atoms with E-state index in [1.807, 2.05) is 34.7 Å². The average molecular weight is 477 g/mol. The molecule has 4 N–H and O–H groups in total. The highest BCUT2D eigenvalue weighted by Gasteiger charge is 2.34. The summed E-state index contributed by atoms with van der Waals surface area (Å²) in [5.41, 5.74) is 17.1. The van der Waals surface area contributed by atoms with E-state index in [0.717, 1.165) is 40.9 Å². The molecule has 4 aromatic rings. The van der Waals surface area contributed by atoms with Crippen LogP contribution in [0.1, 0.15) is 24.8 Å². The largest absolute Gasteiger partial charge is 0.410 e. The van der Waals surface area contributed by atoms with Gasteiger partial charge >= 0.3 is 6.09 Å². The molecular weight excluding hydrogens is 456 g/mol. The first-order chi connectivity index (χ1) is 14.9. The Bertz CT molecular complexity index is 1280. The molecule has 2 aromatic heterocycles. The fourth-order valence-corrected chi connectivity index (χ4v) is 4.64. The Kier molecular flexibility index (Phi) is 4.79. The van der Waals surface area contributed by atoms with Crippen LogP contribution >= 0.6 is 15.9 Å². The van der Waals surface area contributed by atoms with Gasteiger partial charge in [0, 0.05) is 22.7 Å². The van der Waals surface area contributed by atoms with Crippen molar-refractivity contribution in [2.24, 2.45) is 11.5 Å². The van der Waals surface area contributed by atoms with Crippen LogP contribution in [0, 0.1) is 0 Å². The van der Waals surface area contributed by atoms with Crippen molar-refractivity contribution in [2.75, 3.05) is 0 Å². The summed E-state index contributed by atoms with van der Waals surface area (Å²) in [5.74, 6) is 0.332. The van der Waals surface area contributed by atoms with E-state index in [0.29, 0.717) is 15.9 Å². The van der Waals surface area contributed by atoms with Crippen LogP contribution in [0.3, 0.4) is 0 Å². The second-order valence-electron chi connectivity index (χ2n) is 7.90. The fourth-order valence-electron chi connectivity index (χ4n) is 4.13. The molecule has 6 nitrogen and oxygen atoms in total. The minimum Gasteiger partial charge on any atom is -0.409 e. The lowest BCUT2D eigenvalue weighted by Crippen LogP contribution is -2.43. The number of carbonyl (C=O) groups excluding carboxylic acids is 1. The van der Waals surface area contributed by atoms with Gasteiger partial charge in [0.25, 0.3) is 0 Å². The van der Waals surface area contributed by atoms with Gasteiger partial charge in [0.15, 0.2) is 11.4 Å². The predicted octanol–water partition coefficient (Wildman–Crippen LogP) is 5.23. The van der Waals surface area contributed by atoms with E-state index in [9.17, 15) is 4.79 Å². The number of carbonyl (C=O) groups is 1. The maximum atomic E-state index is 11.3. The van der Waals surface area contributed by atoms with Crippen molar-refractivity contribution >= 4 is 27.7 Å². The van der Waals surface area contributed by atoms with Gasteiger partial charge in [-0.25, -0.2) is 9.78 Å². The summed E-state index contributed by atoms with van der Waals surface area (Å²) in [6.07, 6.45) is 4.07. The van der Waals surface area contributed by atoms with Crippen molar-refractivity contribution in [3.8, 4) is 28.3 Å². The molecule has 2 heterocycles. The first-order valence-electron chi connectivity index (χ1n) is 10.1. The lowest BCUT2D eigenvalue weighted by Gasteiger charge is -2.38. The van der Waals surface area contributed by atoms with Crippen LogP contribution in [0.2, 0.25) is 0 Å². The first-order valence-corrected chi connectivity index (χ1v) is 10.9. The van der Waals surface area contributed by atoms with Crippen LogP contribution < -0.4 is 16.2 Å². The molecule has 0 unspecified atom stereocenters. The Morgan fingerprint density at radius 3 is 2.39 bits per heavy atom. The van der Waals surface area contributed by atoms with Crippen LogP contribution in [0.4, 0.5) is 4.79 Å². The van der Waals surface area contributed by atoms with Crippen molar-refractivity contribution in [2.45, 2.75) is 24.8 Å². The molecule has 0 bridgehead atoms. The van der Waals surface area contributed by atoms with Crippen molar-refractivity contribution in [3.63, 3.8) is 0 Å². The zero-order valence-corrected chi connectivity index (χ0v) is 18.3. The smallest absolute Gasteiger partial charge is 0.409 e. The number of hydrogen-bond acceptors (Lipinski definition) is 4. The highest BCUT2D eigenvalue weighted by Crippen LogP contribution is 2.40. The minimum atomic E-state index is -0.866. The molecule has 1 aliphatic carbocycles. The summed E-state index contributed by atoms with van der Waals surface area (Å²) in [6, 6.07) is 20.0. The Morgan fingerprint density at radius 1 is 1.06 bits per heavy atom. The van der Waals surface area contributed by atoms with Crippen molar-refractivity contribution < 1.29 is 9.53 Å². The summed E-state index contributed by atoms with van der Waals surface area (Å²) in [4.78, 5) is 16.2. The average Bonchev–Trinajstić information content (AvgIpc) is 3.12. The molecule has 0 atom stereocenters. The van der Waals surface area contributed by atoms with E-state index in [-0.39, 0.29) is 5.54 Å². The van der Waals surface area contributed by atoms with E-state index >= 15 is 0 Å². The maximum absolute atomic E-state index is 11.3. The van der Waals surface area contributed by atoms with Gasteiger partial charge in [-0.3, -0.25) is 4.40 Å². The highest BCUT2D eigenvalue weighted by atomic mass is 79.9. The number of benzene rings is 2. The molecule has 0 spiro atoms. The van der Waals surface area contributed by atoms with Gasteiger partial charge in [0.05, 0.1) is 22.1 Å². The number of hydrogen-bond donors (Lipinski definition) is 2. The Hall–Kier alpha value is -3.16. The molecule has 1 amide bonds. The summed E-state index contributed by atoms with van der Waals surface area (Å²) in [5, 5.41) is 0. The van der Waals surface area contributed by atoms with Crippen LogP contribution in [-0.4, -0.2) is 15.5 Å². The number of nitrogens with two attached hydrogens (primary N) is 2. The molecule has 7 heteroatoms. The number of halogens is 1. The number of ether oxygens (including phenoxy) is 1. The lowest BCUT2D eigenvalue weighted by atomic mass is 9.72. The van der Waals surface area contributed by atoms with E-state index in [2.05, 4.69) is 40.2 Å². The third-order valence-corrected chi connectivity index (χ3v) is 6.48. The SMILES string of the molecule is NC(=O)Oc1cc(Br)c2nc(-c3ccc(C4(N)CCC4)cc3)c(-c3ccccc3)n2c1. The molecule has 31 heavy (non-hydrogen) atoms. The summed E-state index contributed by atoms with van der Waals surface area (Å²) >= 11 is 3.55. The Morgan fingerprint density at radius 2 is 1.77 bits per heavy atom. The van der Waals surface area contributed by atoms with Gasteiger partial charge in [-0.05, 0) is 40.8 Å². The molecule has 0 saturated heterocycles. The van der Waals surface area contributed by atoms with Crippen molar-refractivity contribution in [1.29, 1.82) is 0 Å². The molecule has 1 fully saturated rings. The summed E-state index contributed by atoms with van der Waals surface area (Å²) < 4.78 is 7.74. The Labute approximate surface area is 188 Å². The zero-order valence-electron chi connectivity index (χ0n) is 16.7. The molecule has 5 rings (SSSR count). The predicted molar refractivity (Wildman–Crippen MR) is 124 cm³/mol. The van der Waals surface area contributed by atoms with Gasteiger partial charge in [-0.1, -0.05) is 54.6 Å². The monoisotopic (exact) mass is 476 g/mol. The van der Waals surface area contributed by atoms with E-state index < -0.39 is 6.09 Å².